The lowest BCUT2D eigenvalue weighted by Crippen LogP contribution is -2.21. The Kier molecular flexibility index (Phi) is 7.04. The van der Waals surface area contributed by atoms with Gasteiger partial charge in [-0.05, 0) is 78.9 Å². The molecular formula is C26H26N8OS. The van der Waals surface area contributed by atoms with Crippen LogP contribution in [0, 0.1) is 0 Å². The standard InChI is InChI=1S/C26H26N8OS/c35-25(31-19-8-4-17(5-9-19)23-27-12-13-28-23)32-21-2-1-3-22(16-21)34-26(36)33-20-10-6-18(7-11-20)24-29-14-15-30-24/h1-11,16H,12-15H2,(H,27,28)(H,29,30)(H2,31,32,35)(H2,33,34,36). The van der Waals surface area contributed by atoms with E-state index in [0.29, 0.717) is 16.5 Å². The average molecular weight is 499 g/mol. The highest BCUT2D eigenvalue weighted by Crippen LogP contribution is 2.18. The van der Waals surface area contributed by atoms with Gasteiger partial charge in [0.1, 0.15) is 11.7 Å². The van der Waals surface area contributed by atoms with Crippen LogP contribution >= 0.6 is 12.2 Å². The van der Waals surface area contributed by atoms with Gasteiger partial charge in [0, 0.05) is 47.0 Å². The summed E-state index contributed by atoms with van der Waals surface area (Å²) in [5.74, 6) is 1.81. The number of amidine groups is 2. The Morgan fingerprint density at radius 2 is 1.14 bits per heavy atom. The number of thiocarbonyl (C=S) groups is 1. The van der Waals surface area contributed by atoms with E-state index < -0.39 is 0 Å². The number of hydrogen-bond donors (Lipinski definition) is 6. The lowest BCUT2D eigenvalue weighted by molar-refractivity contribution is 0.262. The number of nitrogens with one attached hydrogen (secondary N) is 6. The first-order valence-corrected chi connectivity index (χ1v) is 12.1. The minimum Gasteiger partial charge on any atom is -0.368 e. The van der Waals surface area contributed by atoms with Gasteiger partial charge in [0.2, 0.25) is 0 Å². The second kappa shape index (κ2) is 10.9. The first-order valence-electron chi connectivity index (χ1n) is 11.7. The van der Waals surface area contributed by atoms with E-state index in [1.54, 1.807) is 0 Å². The number of urea groups is 1. The quantitative estimate of drug-likeness (QED) is 0.288. The number of anilines is 4. The molecule has 3 aromatic rings. The van der Waals surface area contributed by atoms with Gasteiger partial charge in [-0.15, -0.1) is 0 Å². The first kappa shape index (κ1) is 23.3. The number of carbonyl (C=O) groups excluding carboxylic acids is 1. The molecule has 0 unspecified atom stereocenters. The Hall–Kier alpha value is -4.44. The van der Waals surface area contributed by atoms with Crippen molar-refractivity contribution in [3.8, 4) is 0 Å². The van der Waals surface area contributed by atoms with Crippen LogP contribution in [-0.2, 0) is 0 Å². The van der Waals surface area contributed by atoms with Crippen LogP contribution in [0.3, 0.4) is 0 Å². The zero-order valence-electron chi connectivity index (χ0n) is 19.5. The van der Waals surface area contributed by atoms with Crippen molar-refractivity contribution >= 4 is 57.8 Å². The van der Waals surface area contributed by atoms with Crippen LogP contribution < -0.4 is 31.9 Å². The maximum Gasteiger partial charge on any atom is 0.323 e. The molecule has 0 bridgehead atoms. The third kappa shape index (κ3) is 5.97. The molecule has 5 rings (SSSR count). The fourth-order valence-corrected chi connectivity index (χ4v) is 4.10. The van der Waals surface area contributed by atoms with E-state index in [1.807, 2.05) is 72.8 Å². The van der Waals surface area contributed by atoms with E-state index in [4.69, 9.17) is 12.2 Å². The molecule has 9 nitrogen and oxygen atoms in total. The zero-order chi connectivity index (χ0) is 24.7. The molecule has 2 aliphatic heterocycles. The maximum atomic E-state index is 12.5. The lowest BCUT2D eigenvalue weighted by Gasteiger charge is -2.13. The molecule has 0 aliphatic carbocycles. The summed E-state index contributed by atoms with van der Waals surface area (Å²) < 4.78 is 0. The summed E-state index contributed by atoms with van der Waals surface area (Å²) in [6, 6.07) is 22.5. The van der Waals surface area contributed by atoms with Crippen LogP contribution in [0.2, 0.25) is 0 Å². The molecule has 6 N–H and O–H groups in total. The molecule has 10 heteroatoms. The largest absolute Gasteiger partial charge is 0.368 e. The molecule has 182 valence electrons. The SMILES string of the molecule is O=C(Nc1ccc(C2=NCCN2)cc1)Nc1cccc(NC(=S)Nc2ccc(C3=NCCN3)cc2)c1. The van der Waals surface area contributed by atoms with Gasteiger partial charge in [0.15, 0.2) is 5.11 Å². The van der Waals surface area contributed by atoms with Crippen LogP contribution in [0.15, 0.2) is 82.8 Å². The molecule has 2 aliphatic rings. The molecule has 0 aromatic heterocycles. The maximum absolute atomic E-state index is 12.5. The first-order chi connectivity index (χ1) is 17.6. The van der Waals surface area contributed by atoms with Crippen molar-refractivity contribution in [1.82, 2.24) is 10.6 Å². The van der Waals surface area contributed by atoms with Crippen molar-refractivity contribution in [2.45, 2.75) is 0 Å². The van der Waals surface area contributed by atoms with E-state index in [0.717, 1.165) is 60.4 Å². The van der Waals surface area contributed by atoms with E-state index in [2.05, 4.69) is 41.9 Å². The zero-order valence-corrected chi connectivity index (χ0v) is 20.3. The van der Waals surface area contributed by atoms with Crippen molar-refractivity contribution < 1.29 is 4.79 Å². The molecule has 0 fully saturated rings. The number of rotatable bonds is 6. The Morgan fingerprint density at radius 3 is 1.67 bits per heavy atom. The van der Waals surface area contributed by atoms with Crippen LogP contribution in [0.5, 0.6) is 0 Å². The number of aliphatic imine (C=N–C) groups is 2. The summed E-state index contributed by atoms with van der Waals surface area (Å²) in [7, 11) is 0. The predicted octanol–water partition coefficient (Wildman–Crippen LogP) is 3.84. The molecule has 0 radical (unpaired) electrons. The summed E-state index contributed by atoms with van der Waals surface area (Å²) in [4.78, 5) is 21.3. The van der Waals surface area contributed by atoms with Crippen LogP contribution in [-0.4, -0.2) is 49.0 Å². The van der Waals surface area contributed by atoms with Gasteiger partial charge in [-0.1, -0.05) is 6.07 Å². The second-order valence-corrected chi connectivity index (χ2v) is 8.62. The lowest BCUT2D eigenvalue weighted by atomic mass is 10.2. The topological polar surface area (TPSA) is 114 Å². The fourth-order valence-electron chi connectivity index (χ4n) is 3.87. The second-order valence-electron chi connectivity index (χ2n) is 8.21. The highest BCUT2D eigenvalue weighted by atomic mass is 32.1. The molecule has 0 spiro atoms. The predicted molar refractivity (Wildman–Crippen MR) is 151 cm³/mol. The van der Waals surface area contributed by atoms with E-state index in [9.17, 15) is 4.79 Å². The monoisotopic (exact) mass is 498 g/mol. The summed E-state index contributed by atoms with van der Waals surface area (Å²) >= 11 is 5.46. The number of carbonyl (C=O) groups is 1. The summed E-state index contributed by atoms with van der Waals surface area (Å²) in [5.41, 5.74) is 4.99. The van der Waals surface area contributed by atoms with Gasteiger partial charge in [0.05, 0.1) is 13.1 Å². The molecular weight excluding hydrogens is 472 g/mol. The van der Waals surface area contributed by atoms with Crippen molar-refractivity contribution in [2.75, 3.05) is 47.4 Å². The summed E-state index contributed by atoms with van der Waals surface area (Å²) in [5, 5.41) is 19.0. The highest BCUT2D eigenvalue weighted by molar-refractivity contribution is 7.80. The van der Waals surface area contributed by atoms with E-state index in [1.165, 1.54) is 0 Å². The Bertz CT molecular complexity index is 1220. The Labute approximate surface area is 214 Å². The van der Waals surface area contributed by atoms with Crippen molar-refractivity contribution in [1.29, 1.82) is 0 Å². The smallest absolute Gasteiger partial charge is 0.323 e. The van der Waals surface area contributed by atoms with Crippen molar-refractivity contribution in [2.24, 2.45) is 9.98 Å². The van der Waals surface area contributed by atoms with Gasteiger partial charge in [-0.2, -0.15) is 0 Å². The van der Waals surface area contributed by atoms with Gasteiger partial charge in [-0.25, -0.2) is 4.79 Å². The molecule has 36 heavy (non-hydrogen) atoms. The fraction of sp³-hybridized carbons (Fsp3) is 0.154. The van der Waals surface area contributed by atoms with Gasteiger partial charge < -0.3 is 31.9 Å². The number of benzene rings is 3. The minimum absolute atomic E-state index is 0.335. The van der Waals surface area contributed by atoms with Crippen LogP contribution in [0.4, 0.5) is 27.5 Å². The molecule has 2 amide bonds. The molecule has 0 atom stereocenters. The normalized spacial score (nSPS) is 14.1. The highest BCUT2D eigenvalue weighted by Gasteiger charge is 2.10. The Morgan fingerprint density at radius 1 is 0.667 bits per heavy atom. The number of nitrogens with zero attached hydrogens (tertiary/aromatic N) is 2. The molecule has 3 aromatic carbocycles. The van der Waals surface area contributed by atoms with Crippen molar-refractivity contribution in [3.63, 3.8) is 0 Å². The molecule has 0 saturated carbocycles. The summed E-state index contributed by atoms with van der Waals surface area (Å²) in [6.07, 6.45) is 0. The van der Waals surface area contributed by atoms with E-state index >= 15 is 0 Å². The van der Waals surface area contributed by atoms with Gasteiger partial charge in [-0.3, -0.25) is 9.98 Å². The minimum atomic E-state index is -0.335. The summed E-state index contributed by atoms with van der Waals surface area (Å²) in [6.45, 7) is 3.32. The number of amides is 2. The van der Waals surface area contributed by atoms with E-state index in [-0.39, 0.29) is 6.03 Å². The number of hydrogen-bond acceptors (Lipinski definition) is 6. The van der Waals surface area contributed by atoms with Gasteiger partial charge >= 0.3 is 6.03 Å². The molecule has 0 saturated heterocycles. The average Bonchev–Trinajstić information content (AvgIpc) is 3.60. The van der Waals surface area contributed by atoms with Gasteiger partial charge in [0.25, 0.3) is 0 Å². The third-order valence-corrected chi connectivity index (χ3v) is 5.76. The molecule has 2 heterocycles. The Balaban J connectivity index is 1.13. The van der Waals surface area contributed by atoms with Crippen LogP contribution in [0.25, 0.3) is 0 Å². The van der Waals surface area contributed by atoms with Crippen LogP contribution in [0.1, 0.15) is 11.1 Å². The third-order valence-electron chi connectivity index (χ3n) is 5.56. The van der Waals surface area contributed by atoms with Crippen molar-refractivity contribution in [3.05, 3.63) is 83.9 Å².